The van der Waals surface area contributed by atoms with Gasteiger partial charge in [-0.25, -0.2) is 0 Å². The Kier molecular flexibility index (Phi) is 2.48. The highest BCUT2D eigenvalue weighted by Gasteiger charge is 2.09. The van der Waals surface area contributed by atoms with Crippen molar-refractivity contribution in [3.05, 3.63) is 57.9 Å². The molecule has 0 unspecified atom stereocenters. The van der Waals surface area contributed by atoms with Crippen LogP contribution in [0.1, 0.15) is 11.4 Å². The molecule has 0 radical (unpaired) electrons. The zero-order valence-electron chi connectivity index (χ0n) is 9.18. The van der Waals surface area contributed by atoms with Crippen molar-refractivity contribution in [2.45, 2.75) is 13.8 Å². The van der Waals surface area contributed by atoms with Crippen LogP contribution < -0.4 is 0 Å². The van der Waals surface area contributed by atoms with Gasteiger partial charge in [0.1, 0.15) is 0 Å². The molecule has 0 saturated heterocycles. The average Bonchev–Trinajstić information content (AvgIpc) is 2.59. The van der Waals surface area contributed by atoms with Gasteiger partial charge in [-0.15, -0.1) is 0 Å². The van der Waals surface area contributed by atoms with E-state index in [0.29, 0.717) is 0 Å². The molecule has 0 fully saturated rings. The van der Waals surface area contributed by atoms with Crippen LogP contribution in [0.25, 0.3) is 5.69 Å². The van der Waals surface area contributed by atoms with E-state index in [0.717, 1.165) is 17.1 Å². The van der Waals surface area contributed by atoms with Gasteiger partial charge < -0.3 is 4.57 Å². The lowest BCUT2D eigenvalue weighted by atomic mass is 10.2. The largest absolute Gasteiger partial charge is 0.318 e. The number of nitro benzene ring substituents is 1. The summed E-state index contributed by atoms with van der Waals surface area (Å²) in [5.74, 6) is 0. The molecule has 1 aromatic heterocycles. The smallest absolute Gasteiger partial charge is 0.271 e. The summed E-state index contributed by atoms with van der Waals surface area (Å²) in [5, 5.41) is 10.7. The summed E-state index contributed by atoms with van der Waals surface area (Å²) in [5.41, 5.74) is 3.08. The average molecular weight is 216 g/mol. The second-order valence-electron chi connectivity index (χ2n) is 3.73. The third-order valence-corrected chi connectivity index (χ3v) is 2.57. The molecule has 0 spiro atoms. The van der Waals surface area contributed by atoms with E-state index in [2.05, 4.69) is 0 Å². The van der Waals surface area contributed by atoms with Gasteiger partial charge in [-0.1, -0.05) is 6.07 Å². The van der Waals surface area contributed by atoms with Crippen LogP contribution in [-0.4, -0.2) is 9.49 Å². The van der Waals surface area contributed by atoms with Crippen LogP contribution in [0.4, 0.5) is 5.69 Å². The first kappa shape index (κ1) is 10.4. The van der Waals surface area contributed by atoms with Crippen LogP contribution in [0, 0.1) is 24.0 Å². The van der Waals surface area contributed by atoms with Crippen LogP contribution in [0.2, 0.25) is 0 Å². The number of rotatable bonds is 2. The van der Waals surface area contributed by atoms with E-state index >= 15 is 0 Å². The molecule has 0 saturated carbocycles. The van der Waals surface area contributed by atoms with E-state index in [4.69, 9.17) is 0 Å². The van der Waals surface area contributed by atoms with Crippen molar-refractivity contribution in [1.29, 1.82) is 0 Å². The summed E-state index contributed by atoms with van der Waals surface area (Å²) >= 11 is 0. The van der Waals surface area contributed by atoms with Gasteiger partial charge in [-0.3, -0.25) is 10.1 Å². The highest BCUT2D eigenvalue weighted by atomic mass is 16.6. The molecule has 0 aliphatic carbocycles. The number of aryl methyl sites for hydroxylation is 2. The summed E-state index contributed by atoms with van der Waals surface area (Å²) in [6.45, 7) is 3.96. The summed E-state index contributed by atoms with van der Waals surface area (Å²) in [6, 6.07) is 10.6. The third kappa shape index (κ3) is 1.69. The van der Waals surface area contributed by atoms with Gasteiger partial charge in [-0.05, 0) is 32.0 Å². The van der Waals surface area contributed by atoms with Crippen molar-refractivity contribution < 1.29 is 4.92 Å². The first-order valence-electron chi connectivity index (χ1n) is 4.99. The Balaban J connectivity index is 2.57. The number of hydrogen-bond donors (Lipinski definition) is 0. The fourth-order valence-corrected chi connectivity index (χ4v) is 1.82. The number of non-ortho nitro benzene ring substituents is 1. The van der Waals surface area contributed by atoms with Crippen LogP contribution >= 0.6 is 0 Å². The molecule has 0 amide bonds. The van der Waals surface area contributed by atoms with Crippen molar-refractivity contribution in [3.63, 3.8) is 0 Å². The predicted molar refractivity (Wildman–Crippen MR) is 61.9 cm³/mol. The zero-order valence-corrected chi connectivity index (χ0v) is 9.18. The summed E-state index contributed by atoms with van der Waals surface area (Å²) in [4.78, 5) is 10.3. The van der Waals surface area contributed by atoms with E-state index in [-0.39, 0.29) is 10.6 Å². The molecule has 0 bridgehead atoms. The summed E-state index contributed by atoms with van der Waals surface area (Å²) < 4.78 is 1.99. The molecule has 0 atom stereocenters. The Labute approximate surface area is 93.3 Å². The first-order valence-corrected chi connectivity index (χ1v) is 4.99. The molecule has 82 valence electrons. The fourth-order valence-electron chi connectivity index (χ4n) is 1.82. The van der Waals surface area contributed by atoms with Gasteiger partial charge in [0.25, 0.3) is 5.69 Å². The second-order valence-corrected chi connectivity index (χ2v) is 3.73. The van der Waals surface area contributed by atoms with Crippen LogP contribution in [0.3, 0.4) is 0 Å². The minimum absolute atomic E-state index is 0.116. The van der Waals surface area contributed by atoms with Crippen molar-refractivity contribution in [2.75, 3.05) is 0 Å². The van der Waals surface area contributed by atoms with Gasteiger partial charge in [0.2, 0.25) is 0 Å². The number of aromatic nitrogens is 1. The molecule has 1 aromatic carbocycles. The van der Waals surface area contributed by atoms with Crippen LogP contribution in [0.5, 0.6) is 0 Å². The Hall–Kier alpha value is -2.10. The maximum Gasteiger partial charge on any atom is 0.271 e. The highest BCUT2D eigenvalue weighted by Crippen LogP contribution is 2.20. The van der Waals surface area contributed by atoms with Crippen molar-refractivity contribution in [2.24, 2.45) is 0 Å². The van der Waals surface area contributed by atoms with Gasteiger partial charge in [0, 0.05) is 23.5 Å². The van der Waals surface area contributed by atoms with E-state index in [1.165, 1.54) is 6.07 Å². The number of nitro groups is 1. The molecule has 16 heavy (non-hydrogen) atoms. The number of nitrogens with zero attached hydrogens (tertiary/aromatic N) is 2. The molecule has 0 aliphatic heterocycles. The molecule has 4 nitrogen and oxygen atoms in total. The normalized spacial score (nSPS) is 10.4. The lowest BCUT2D eigenvalue weighted by Gasteiger charge is -2.08. The molecule has 0 aliphatic rings. The van der Waals surface area contributed by atoms with Gasteiger partial charge in [-0.2, -0.15) is 0 Å². The Bertz CT molecular complexity index is 524. The maximum absolute atomic E-state index is 10.7. The van der Waals surface area contributed by atoms with Crippen molar-refractivity contribution >= 4 is 5.69 Å². The molecular formula is C12H12N2O2. The fraction of sp³-hybridized carbons (Fsp3) is 0.167. The predicted octanol–water partition coefficient (Wildman–Crippen LogP) is 3.00. The highest BCUT2D eigenvalue weighted by molar-refractivity contribution is 5.45. The van der Waals surface area contributed by atoms with Gasteiger partial charge >= 0.3 is 0 Å². The molecule has 1 heterocycles. The monoisotopic (exact) mass is 216 g/mol. The number of benzene rings is 1. The summed E-state index contributed by atoms with van der Waals surface area (Å²) in [6.07, 6.45) is 0. The van der Waals surface area contributed by atoms with Crippen molar-refractivity contribution in [1.82, 2.24) is 4.57 Å². The Morgan fingerprint density at radius 2 is 1.75 bits per heavy atom. The third-order valence-electron chi connectivity index (χ3n) is 2.57. The van der Waals surface area contributed by atoms with E-state index in [1.54, 1.807) is 12.1 Å². The van der Waals surface area contributed by atoms with Gasteiger partial charge in [0.15, 0.2) is 0 Å². The minimum atomic E-state index is -0.377. The quantitative estimate of drug-likeness (QED) is 0.572. The lowest BCUT2D eigenvalue weighted by molar-refractivity contribution is -0.384. The van der Waals surface area contributed by atoms with Crippen molar-refractivity contribution in [3.8, 4) is 5.69 Å². The first-order chi connectivity index (χ1) is 7.59. The molecule has 4 heteroatoms. The Morgan fingerprint density at radius 1 is 1.12 bits per heavy atom. The lowest BCUT2D eigenvalue weighted by Crippen LogP contribution is -1.99. The standard InChI is InChI=1S/C12H12N2O2/c1-9-6-7-10(2)13(9)11-4-3-5-12(8-11)14(15)16/h3-8H,1-2H3. The zero-order chi connectivity index (χ0) is 11.7. The van der Waals surface area contributed by atoms with Crippen LogP contribution in [-0.2, 0) is 0 Å². The summed E-state index contributed by atoms with van der Waals surface area (Å²) in [7, 11) is 0. The Morgan fingerprint density at radius 3 is 2.31 bits per heavy atom. The maximum atomic E-state index is 10.7. The van der Waals surface area contributed by atoms with E-state index in [1.807, 2.05) is 36.6 Å². The van der Waals surface area contributed by atoms with E-state index in [9.17, 15) is 10.1 Å². The molecule has 2 aromatic rings. The number of hydrogen-bond acceptors (Lipinski definition) is 2. The van der Waals surface area contributed by atoms with Crippen LogP contribution in [0.15, 0.2) is 36.4 Å². The topological polar surface area (TPSA) is 48.1 Å². The molecule has 2 rings (SSSR count). The SMILES string of the molecule is Cc1ccc(C)n1-c1cccc([N+](=O)[O-])c1. The van der Waals surface area contributed by atoms with Gasteiger partial charge in [0.05, 0.1) is 10.6 Å². The second kappa shape index (κ2) is 3.81. The minimum Gasteiger partial charge on any atom is -0.318 e. The van der Waals surface area contributed by atoms with E-state index < -0.39 is 0 Å². The molecule has 0 N–H and O–H groups in total. The molecular weight excluding hydrogens is 204 g/mol.